The minimum absolute atomic E-state index is 0.166. The number of pyridine rings is 1. The quantitative estimate of drug-likeness (QED) is 0.518. The predicted molar refractivity (Wildman–Crippen MR) is 128 cm³/mol. The lowest BCUT2D eigenvalue weighted by molar-refractivity contribution is 0.0510. The Bertz CT molecular complexity index is 1510. The number of hydrogen-bond donors (Lipinski definition) is 1. The molecular weight excluding hydrogens is 491 g/mol. The number of benzene rings is 2. The average Bonchev–Trinajstić information content (AvgIpc) is 3.05. The van der Waals surface area contributed by atoms with Crippen LogP contribution in [0.15, 0.2) is 70.3 Å². The molecule has 1 saturated heterocycles. The van der Waals surface area contributed by atoms with Crippen LogP contribution in [0.2, 0.25) is 0 Å². The molecule has 0 saturated carbocycles. The van der Waals surface area contributed by atoms with Crippen molar-refractivity contribution in [3.63, 3.8) is 0 Å². The molecule has 1 aromatic heterocycles. The van der Waals surface area contributed by atoms with Crippen LogP contribution in [0.25, 0.3) is 0 Å². The molecule has 3 aromatic rings. The van der Waals surface area contributed by atoms with Crippen molar-refractivity contribution in [2.45, 2.75) is 35.7 Å². The third-order valence-corrected chi connectivity index (χ3v) is 8.20. The number of aromatic hydroxyl groups is 1. The van der Waals surface area contributed by atoms with E-state index in [-0.39, 0.29) is 30.0 Å². The van der Waals surface area contributed by atoms with Crippen LogP contribution >= 0.6 is 11.8 Å². The molecule has 3 aliphatic rings. The van der Waals surface area contributed by atoms with Gasteiger partial charge in [-0.3, -0.25) is 19.3 Å². The first-order valence-electron chi connectivity index (χ1n) is 11.4. The number of halogens is 3. The van der Waals surface area contributed by atoms with Crippen LogP contribution in [0.3, 0.4) is 0 Å². The Balaban J connectivity index is 1.68. The largest absolute Gasteiger partial charge is 0.502 e. The van der Waals surface area contributed by atoms with Crippen LogP contribution in [0.1, 0.15) is 46.1 Å². The van der Waals surface area contributed by atoms with E-state index in [1.54, 1.807) is 5.01 Å². The van der Waals surface area contributed by atoms with Crippen LogP contribution in [0, 0.1) is 11.6 Å². The summed E-state index contributed by atoms with van der Waals surface area (Å²) < 4.78 is 44.5. The number of carbonyl (C=O) groups is 1. The molecule has 0 radical (unpaired) electrons. The first-order chi connectivity index (χ1) is 17.4. The van der Waals surface area contributed by atoms with Crippen molar-refractivity contribution in [2.24, 2.45) is 0 Å². The number of amides is 1. The number of carbonyl (C=O) groups excluding carboxylic acids is 1. The van der Waals surface area contributed by atoms with Crippen LogP contribution in [-0.2, 0) is 5.75 Å². The minimum Gasteiger partial charge on any atom is -0.502 e. The molecule has 0 spiro atoms. The van der Waals surface area contributed by atoms with Crippen molar-refractivity contribution in [2.75, 3.05) is 11.6 Å². The van der Waals surface area contributed by atoms with Gasteiger partial charge in [0.25, 0.3) is 5.91 Å². The third-order valence-electron chi connectivity index (χ3n) is 7.08. The zero-order valence-corrected chi connectivity index (χ0v) is 19.6. The molecule has 2 atom stereocenters. The molecule has 2 aromatic carbocycles. The van der Waals surface area contributed by atoms with Gasteiger partial charge in [0.15, 0.2) is 23.1 Å². The van der Waals surface area contributed by atoms with Crippen molar-refractivity contribution in [3.05, 3.63) is 105 Å². The summed E-state index contributed by atoms with van der Waals surface area (Å²) in [6, 6.07) is 10.5. The van der Waals surface area contributed by atoms with Gasteiger partial charge >= 0.3 is 0 Å². The number of thioether (sulfide) groups is 1. The van der Waals surface area contributed by atoms with Crippen LogP contribution in [0.5, 0.6) is 5.75 Å². The van der Waals surface area contributed by atoms with Crippen LogP contribution in [-0.4, -0.2) is 33.3 Å². The zero-order valence-electron chi connectivity index (χ0n) is 18.8. The summed E-state index contributed by atoms with van der Waals surface area (Å²) in [5.74, 6) is -2.97. The van der Waals surface area contributed by atoms with Gasteiger partial charge in [0.2, 0.25) is 5.43 Å². The molecule has 3 aliphatic heterocycles. The Labute approximate surface area is 208 Å². The van der Waals surface area contributed by atoms with Gasteiger partial charge in [-0.25, -0.2) is 13.2 Å². The Morgan fingerprint density at radius 3 is 2.67 bits per heavy atom. The smallest absolute Gasteiger partial charge is 0.278 e. The van der Waals surface area contributed by atoms with E-state index in [0.29, 0.717) is 23.9 Å². The second-order valence-electron chi connectivity index (χ2n) is 8.96. The highest BCUT2D eigenvalue weighted by Crippen LogP contribution is 2.46. The summed E-state index contributed by atoms with van der Waals surface area (Å²) in [6.07, 6.45) is 1.69. The van der Waals surface area contributed by atoms with Crippen molar-refractivity contribution in [1.29, 1.82) is 0 Å². The summed E-state index contributed by atoms with van der Waals surface area (Å²) >= 11 is 1.37. The average molecular weight is 512 g/mol. The molecule has 0 unspecified atom stereocenters. The van der Waals surface area contributed by atoms with Gasteiger partial charge in [0.1, 0.15) is 6.17 Å². The molecule has 1 amide bonds. The van der Waals surface area contributed by atoms with Gasteiger partial charge in [-0.15, -0.1) is 11.8 Å². The summed E-state index contributed by atoms with van der Waals surface area (Å²) in [6.45, 7) is 0.173. The molecule has 36 heavy (non-hydrogen) atoms. The lowest BCUT2D eigenvalue weighted by Crippen LogP contribution is -2.64. The lowest BCUT2D eigenvalue weighted by atomic mass is 9.91. The van der Waals surface area contributed by atoms with Gasteiger partial charge in [0.05, 0.1) is 12.4 Å². The van der Waals surface area contributed by atoms with Gasteiger partial charge in [-0.2, -0.15) is 0 Å². The SMILES string of the molecule is O=C1c2c(O)c(=O)ccn2N([C@@H]2c3ccccc3SCc3c2ccc(F)c3F)[C@@H]2C/C(=C/F)CCN12. The minimum atomic E-state index is -0.962. The third kappa shape index (κ3) is 3.27. The number of aromatic nitrogens is 1. The molecule has 0 bridgehead atoms. The van der Waals surface area contributed by atoms with Gasteiger partial charge in [-0.1, -0.05) is 24.3 Å². The van der Waals surface area contributed by atoms with Gasteiger partial charge < -0.3 is 10.0 Å². The zero-order chi connectivity index (χ0) is 25.1. The van der Waals surface area contributed by atoms with Crippen LogP contribution in [0.4, 0.5) is 13.2 Å². The van der Waals surface area contributed by atoms with E-state index in [1.807, 2.05) is 24.3 Å². The molecule has 4 heterocycles. The maximum absolute atomic E-state index is 15.1. The van der Waals surface area contributed by atoms with Crippen molar-refractivity contribution in [3.8, 4) is 5.75 Å². The maximum atomic E-state index is 15.1. The fourth-order valence-electron chi connectivity index (χ4n) is 5.37. The van der Waals surface area contributed by atoms with E-state index in [4.69, 9.17) is 0 Å². The number of hydrogen-bond acceptors (Lipinski definition) is 5. The molecule has 184 valence electrons. The fourth-order valence-corrected chi connectivity index (χ4v) is 6.48. The first kappa shape index (κ1) is 22.8. The van der Waals surface area contributed by atoms with E-state index in [1.165, 1.54) is 33.6 Å². The van der Waals surface area contributed by atoms with Crippen LogP contribution < -0.4 is 10.4 Å². The van der Waals surface area contributed by atoms with E-state index >= 15 is 4.39 Å². The highest BCUT2D eigenvalue weighted by atomic mass is 32.2. The van der Waals surface area contributed by atoms with E-state index in [0.717, 1.165) is 22.6 Å². The van der Waals surface area contributed by atoms with E-state index in [9.17, 15) is 23.5 Å². The molecule has 6 rings (SSSR count). The summed E-state index contributed by atoms with van der Waals surface area (Å²) in [5.41, 5.74) is 1.03. The summed E-state index contributed by atoms with van der Waals surface area (Å²) in [5, 5.41) is 12.4. The summed E-state index contributed by atoms with van der Waals surface area (Å²) in [4.78, 5) is 28.1. The van der Waals surface area contributed by atoms with E-state index in [2.05, 4.69) is 0 Å². The second kappa shape index (κ2) is 8.48. The maximum Gasteiger partial charge on any atom is 0.278 e. The topological polar surface area (TPSA) is 65.8 Å². The molecule has 1 fully saturated rings. The normalized spacial score (nSPS) is 22.0. The van der Waals surface area contributed by atoms with E-state index < -0.39 is 40.9 Å². The highest BCUT2D eigenvalue weighted by molar-refractivity contribution is 7.98. The van der Waals surface area contributed by atoms with Crippen molar-refractivity contribution in [1.82, 2.24) is 9.58 Å². The lowest BCUT2D eigenvalue weighted by Gasteiger charge is -2.52. The molecule has 1 N–H and O–H groups in total. The Hall–Kier alpha value is -3.66. The van der Waals surface area contributed by atoms with Gasteiger partial charge in [-0.05, 0) is 35.3 Å². The highest BCUT2D eigenvalue weighted by Gasteiger charge is 2.46. The Morgan fingerprint density at radius 1 is 1.06 bits per heavy atom. The fraction of sp³-hybridized carbons (Fsp3) is 0.231. The van der Waals surface area contributed by atoms with Crippen molar-refractivity contribution < 1.29 is 23.1 Å². The number of nitrogens with zero attached hydrogens (tertiary/aromatic N) is 3. The predicted octanol–water partition coefficient (Wildman–Crippen LogP) is 4.59. The second-order valence-corrected chi connectivity index (χ2v) is 9.98. The molecule has 6 nitrogen and oxygen atoms in total. The van der Waals surface area contributed by atoms with Gasteiger partial charge in [0, 0.05) is 41.4 Å². The number of fused-ring (bicyclic) bond motifs is 4. The Kier molecular flexibility index (Phi) is 5.36. The monoisotopic (exact) mass is 511 g/mol. The number of piperidine rings is 1. The number of rotatable bonds is 1. The molecular formula is C26H20F3N3O3S. The first-order valence-corrected chi connectivity index (χ1v) is 12.4. The molecule has 10 heteroatoms. The molecule has 0 aliphatic carbocycles. The summed E-state index contributed by atoms with van der Waals surface area (Å²) in [7, 11) is 0. The Morgan fingerprint density at radius 2 is 1.86 bits per heavy atom. The standard InChI is InChI=1S/C26H20F3N3O3S/c27-12-14-7-9-30-21(11-14)32(31-10-8-19(33)25(34)24(31)26(30)35)23-15-5-6-18(28)22(29)17(15)13-36-20-4-2-1-3-16(20)23/h1-6,8,10,12,21,23,34H,7,9,11,13H2/b14-12+/t21-,23+/m1/s1. The van der Waals surface area contributed by atoms with Crippen molar-refractivity contribution >= 4 is 17.7 Å².